The molecule has 0 unspecified atom stereocenters. The standard InChI is InChI=1S/C44H54O10/c1-5-16-32-17-22-35(23-18-32)41(48)54-38-27-26-36(53-40(47)34-24-19-33(20-25-34)21-28-39(45)46)31-37(38)42(49)51-29-14-12-10-8-7-9-11-13-15-30-52-43(50)44(3,4)6-2/h17-28,31H,5-16,29-30H2,1-4H3,(H,45,46)/b28-21+. The summed E-state index contributed by atoms with van der Waals surface area (Å²) in [5.74, 6) is -3.26. The van der Waals surface area contributed by atoms with Crippen molar-refractivity contribution < 1.29 is 48.0 Å². The van der Waals surface area contributed by atoms with Gasteiger partial charge in [0.2, 0.25) is 0 Å². The number of carboxylic acid groups (broad SMARTS) is 1. The first kappa shape index (κ1) is 43.2. The third-order valence-electron chi connectivity index (χ3n) is 9.07. The maximum absolute atomic E-state index is 13.3. The van der Waals surface area contributed by atoms with Crippen molar-refractivity contribution in [2.24, 2.45) is 5.41 Å². The number of aryl methyl sites for hydroxylation is 1. The van der Waals surface area contributed by atoms with Crippen LogP contribution in [0.25, 0.3) is 6.08 Å². The number of unbranched alkanes of at least 4 members (excludes halogenated alkanes) is 8. The number of carbonyl (C=O) groups is 5. The molecule has 3 aromatic rings. The molecule has 290 valence electrons. The van der Waals surface area contributed by atoms with Crippen molar-refractivity contribution in [2.75, 3.05) is 13.2 Å². The van der Waals surface area contributed by atoms with Crippen molar-refractivity contribution in [1.29, 1.82) is 0 Å². The molecule has 10 heteroatoms. The third-order valence-corrected chi connectivity index (χ3v) is 9.07. The van der Waals surface area contributed by atoms with E-state index < -0.39 is 29.3 Å². The van der Waals surface area contributed by atoms with Gasteiger partial charge >= 0.3 is 29.8 Å². The Balaban J connectivity index is 1.52. The van der Waals surface area contributed by atoms with Crippen LogP contribution in [0.2, 0.25) is 0 Å². The number of aliphatic carboxylic acids is 1. The van der Waals surface area contributed by atoms with Gasteiger partial charge in [0.25, 0.3) is 0 Å². The van der Waals surface area contributed by atoms with Crippen LogP contribution >= 0.6 is 0 Å². The van der Waals surface area contributed by atoms with E-state index in [0.29, 0.717) is 24.2 Å². The van der Waals surface area contributed by atoms with Gasteiger partial charge in [-0.15, -0.1) is 0 Å². The number of carboxylic acids is 1. The molecule has 0 aliphatic rings. The molecule has 3 aromatic carbocycles. The summed E-state index contributed by atoms with van der Waals surface area (Å²) in [5.41, 5.74) is 1.73. The number of benzene rings is 3. The van der Waals surface area contributed by atoms with Gasteiger partial charge in [0, 0.05) is 6.08 Å². The molecule has 0 amide bonds. The summed E-state index contributed by atoms with van der Waals surface area (Å²) in [4.78, 5) is 62.1. The normalized spacial score (nSPS) is 11.3. The maximum Gasteiger partial charge on any atom is 0.343 e. The summed E-state index contributed by atoms with van der Waals surface area (Å²) in [6.45, 7) is 8.51. The smallest absolute Gasteiger partial charge is 0.343 e. The van der Waals surface area contributed by atoms with Gasteiger partial charge in [0.05, 0.1) is 29.8 Å². The summed E-state index contributed by atoms with van der Waals surface area (Å²) in [6.07, 6.45) is 13.8. The lowest BCUT2D eigenvalue weighted by Gasteiger charge is -2.20. The minimum atomic E-state index is -1.09. The lowest BCUT2D eigenvalue weighted by molar-refractivity contribution is -0.154. The maximum atomic E-state index is 13.3. The van der Waals surface area contributed by atoms with E-state index >= 15 is 0 Å². The van der Waals surface area contributed by atoms with Gasteiger partial charge < -0.3 is 24.1 Å². The molecule has 1 N–H and O–H groups in total. The second kappa shape index (κ2) is 22.7. The Morgan fingerprint density at radius 3 is 1.74 bits per heavy atom. The second-order valence-electron chi connectivity index (χ2n) is 13.9. The SMILES string of the molecule is CCCc1ccc(C(=O)Oc2ccc(OC(=O)c3ccc(/C=C/C(=O)O)cc3)cc2C(=O)OCCCCCCCCCCCOC(=O)C(C)(C)CC)cc1. The van der Waals surface area contributed by atoms with Gasteiger partial charge in [-0.1, -0.05) is 89.5 Å². The van der Waals surface area contributed by atoms with Crippen molar-refractivity contribution >= 4 is 35.9 Å². The van der Waals surface area contributed by atoms with E-state index in [1.54, 1.807) is 24.3 Å². The predicted octanol–water partition coefficient (Wildman–Crippen LogP) is 9.82. The Bertz CT molecular complexity index is 1700. The Morgan fingerprint density at radius 1 is 0.648 bits per heavy atom. The fraction of sp³-hybridized carbons (Fsp3) is 0.432. The number of rotatable bonds is 23. The molecular formula is C44H54O10. The molecule has 0 saturated carbocycles. The Labute approximate surface area is 318 Å². The Morgan fingerprint density at radius 2 is 1.19 bits per heavy atom. The van der Waals surface area contributed by atoms with Crippen LogP contribution in [0.1, 0.15) is 141 Å². The quantitative estimate of drug-likeness (QED) is 0.0432. The molecule has 54 heavy (non-hydrogen) atoms. The molecule has 0 aromatic heterocycles. The molecule has 0 aliphatic carbocycles. The van der Waals surface area contributed by atoms with Gasteiger partial charge in [-0.25, -0.2) is 19.2 Å². The van der Waals surface area contributed by atoms with Crippen LogP contribution in [-0.2, 0) is 25.5 Å². The fourth-order valence-corrected chi connectivity index (χ4v) is 5.33. The highest BCUT2D eigenvalue weighted by molar-refractivity contribution is 5.97. The van der Waals surface area contributed by atoms with Crippen molar-refractivity contribution in [3.05, 3.63) is 101 Å². The van der Waals surface area contributed by atoms with Gasteiger partial charge in [0.1, 0.15) is 17.1 Å². The van der Waals surface area contributed by atoms with E-state index in [4.69, 9.17) is 24.1 Å². The Hall–Kier alpha value is -5.25. The molecule has 0 fully saturated rings. The van der Waals surface area contributed by atoms with Crippen LogP contribution in [0.4, 0.5) is 0 Å². The molecule has 10 nitrogen and oxygen atoms in total. The zero-order chi connectivity index (χ0) is 39.3. The molecule has 0 saturated heterocycles. The molecule has 0 atom stereocenters. The van der Waals surface area contributed by atoms with E-state index in [-0.39, 0.29) is 35.2 Å². The summed E-state index contributed by atoms with van der Waals surface area (Å²) < 4.78 is 22.1. The number of hydrogen-bond donors (Lipinski definition) is 1. The van der Waals surface area contributed by atoms with Crippen LogP contribution in [-0.4, -0.2) is 48.2 Å². The topological polar surface area (TPSA) is 142 Å². The van der Waals surface area contributed by atoms with E-state index in [9.17, 15) is 24.0 Å². The van der Waals surface area contributed by atoms with E-state index in [1.165, 1.54) is 36.4 Å². The van der Waals surface area contributed by atoms with Crippen molar-refractivity contribution in [1.82, 2.24) is 0 Å². The molecule has 0 spiro atoms. The second-order valence-corrected chi connectivity index (χ2v) is 13.9. The zero-order valence-corrected chi connectivity index (χ0v) is 32.0. The first-order valence-electron chi connectivity index (χ1n) is 19.0. The van der Waals surface area contributed by atoms with Gasteiger partial charge in [0.15, 0.2) is 0 Å². The van der Waals surface area contributed by atoms with Gasteiger partial charge in [-0.05, 0) is 99.2 Å². The van der Waals surface area contributed by atoms with Crippen molar-refractivity contribution in [3.63, 3.8) is 0 Å². The van der Waals surface area contributed by atoms with E-state index in [1.807, 2.05) is 32.9 Å². The fourth-order valence-electron chi connectivity index (χ4n) is 5.33. The minimum Gasteiger partial charge on any atom is -0.478 e. The minimum absolute atomic E-state index is 0.0278. The molecule has 0 aliphatic heterocycles. The van der Waals surface area contributed by atoms with Crippen LogP contribution < -0.4 is 9.47 Å². The highest BCUT2D eigenvalue weighted by atomic mass is 16.6. The first-order valence-corrected chi connectivity index (χ1v) is 19.0. The molecule has 0 heterocycles. The highest BCUT2D eigenvalue weighted by Crippen LogP contribution is 2.28. The highest BCUT2D eigenvalue weighted by Gasteiger charge is 2.26. The third kappa shape index (κ3) is 15.0. The van der Waals surface area contributed by atoms with Gasteiger partial charge in [-0.3, -0.25) is 4.79 Å². The number of ether oxygens (including phenoxy) is 4. The molecule has 3 rings (SSSR count). The van der Waals surface area contributed by atoms with E-state index in [0.717, 1.165) is 82.3 Å². The largest absolute Gasteiger partial charge is 0.478 e. The van der Waals surface area contributed by atoms with Gasteiger partial charge in [-0.2, -0.15) is 0 Å². The first-order chi connectivity index (χ1) is 25.9. The Kier molecular flexibility index (Phi) is 18.2. The van der Waals surface area contributed by atoms with Crippen LogP contribution in [0, 0.1) is 5.41 Å². The predicted molar refractivity (Wildman–Crippen MR) is 207 cm³/mol. The molecule has 0 radical (unpaired) electrons. The molecular weight excluding hydrogens is 688 g/mol. The lowest BCUT2D eigenvalue weighted by atomic mass is 9.91. The number of esters is 4. The summed E-state index contributed by atoms with van der Waals surface area (Å²) in [7, 11) is 0. The van der Waals surface area contributed by atoms with E-state index in [2.05, 4.69) is 6.92 Å². The number of carbonyl (C=O) groups excluding carboxylic acids is 4. The summed E-state index contributed by atoms with van der Waals surface area (Å²) in [6, 6.07) is 17.4. The van der Waals surface area contributed by atoms with Crippen LogP contribution in [0.3, 0.4) is 0 Å². The lowest BCUT2D eigenvalue weighted by Crippen LogP contribution is -2.26. The number of hydrogen-bond acceptors (Lipinski definition) is 9. The average molecular weight is 743 g/mol. The monoisotopic (exact) mass is 742 g/mol. The summed E-state index contributed by atoms with van der Waals surface area (Å²) >= 11 is 0. The van der Waals surface area contributed by atoms with Crippen molar-refractivity contribution in [2.45, 2.75) is 105 Å². The average Bonchev–Trinajstić information content (AvgIpc) is 3.16. The molecule has 0 bridgehead atoms. The zero-order valence-electron chi connectivity index (χ0n) is 32.0. The van der Waals surface area contributed by atoms with Crippen LogP contribution in [0.15, 0.2) is 72.8 Å². The summed E-state index contributed by atoms with van der Waals surface area (Å²) in [5, 5.41) is 8.83. The van der Waals surface area contributed by atoms with Crippen LogP contribution in [0.5, 0.6) is 11.5 Å². The van der Waals surface area contributed by atoms with Crippen molar-refractivity contribution in [3.8, 4) is 11.5 Å².